The maximum absolute atomic E-state index is 11.3. The van der Waals surface area contributed by atoms with E-state index in [-0.39, 0.29) is 0 Å². The van der Waals surface area contributed by atoms with Gasteiger partial charge in [-0.15, -0.1) is 0 Å². The fourth-order valence-electron chi connectivity index (χ4n) is 1.10. The Balaban J connectivity index is 2.13. The van der Waals surface area contributed by atoms with Crippen molar-refractivity contribution in [3.8, 4) is 0 Å². The number of amides is 3. The highest BCUT2D eigenvalue weighted by atomic mass is 32.2. The zero-order valence-corrected chi connectivity index (χ0v) is 10.0. The summed E-state index contributed by atoms with van der Waals surface area (Å²) in [6.45, 7) is 1.47. The topological polar surface area (TPSA) is 99.7 Å². The Labute approximate surface area is 103 Å². The molecule has 1 aliphatic heterocycles. The van der Waals surface area contributed by atoms with Crippen LogP contribution in [0.15, 0.2) is 4.99 Å². The highest BCUT2D eigenvalue weighted by molar-refractivity contribution is 8.14. The lowest BCUT2D eigenvalue weighted by Crippen LogP contribution is -2.42. The monoisotopic (exact) mass is 258 g/mol. The smallest absolute Gasteiger partial charge is 0.315 e. The number of rotatable bonds is 5. The summed E-state index contributed by atoms with van der Waals surface area (Å²) in [6.07, 6.45) is 1.16. The lowest BCUT2D eigenvalue weighted by atomic mass is 10.4. The molecule has 0 fully saturated rings. The summed E-state index contributed by atoms with van der Waals surface area (Å²) in [5.74, 6) is -0.568. The molecule has 0 saturated heterocycles. The Morgan fingerprint density at radius 3 is 2.82 bits per heavy atom. The number of hydrogen-bond donors (Lipinski definition) is 3. The molecule has 0 unspecified atom stereocenters. The lowest BCUT2D eigenvalue weighted by Gasteiger charge is -2.05. The second kappa shape index (κ2) is 7.66. The number of hydrogen-bond acceptors (Lipinski definition) is 5. The van der Waals surface area contributed by atoms with Crippen LogP contribution in [0.3, 0.4) is 0 Å². The molecule has 0 aliphatic carbocycles. The molecule has 0 spiro atoms. The second-order valence-corrected chi connectivity index (χ2v) is 4.25. The fourth-order valence-corrected chi connectivity index (χ4v) is 1.82. The Morgan fingerprint density at radius 2 is 2.18 bits per heavy atom. The molecule has 3 N–H and O–H groups in total. The average Bonchev–Trinajstić information content (AvgIpc) is 2.81. The first-order valence-electron chi connectivity index (χ1n) is 5.17. The van der Waals surface area contributed by atoms with Crippen LogP contribution in [0, 0.1) is 0 Å². The van der Waals surface area contributed by atoms with Gasteiger partial charge in [0, 0.05) is 18.8 Å². The third-order valence-corrected chi connectivity index (χ3v) is 2.77. The molecule has 94 valence electrons. The van der Waals surface area contributed by atoms with Gasteiger partial charge in [0.1, 0.15) is 0 Å². The summed E-state index contributed by atoms with van der Waals surface area (Å²) in [6, 6.07) is 0. The number of aliphatic imine (C=N–C) groups is 1. The number of nitrogens with zero attached hydrogens (tertiary/aromatic N) is 1. The van der Waals surface area contributed by atoms with Crippen LogP contribution >= 0.6 is 11.8 Å². The molecule has 0 aromatic heterocycles. The van der Waals surface area contributed by atoms with Crippen molar-refractivity contribution in [1.82, 2.24) is 16.0 Å². The average molecular weight is 258 g/mol. The summed E-state index contributed by atoms with van der Waals surface area (Å²) < 4.78 is 0. The third-order valence-electron chi connectivity index (χ3n) is 1.88. The Bertz CT molecular complexity index is 332. The minimum absolute atomic E-state index is 0.340. The fraction of sp³-hybridized carbons (Fsp3) is 0.556. The van der Waals surface area contributed by atoms with E-state index in [2.05, 4.69) is 20.9 Å². The molecule has 0 aromatic rings. The van der Waals surface area contributed by atoms with E-state index in [4.69, 9.17) is 0 Å². The van der Waals surface area contributed by atoms with E-state index in [9.17, 15) is 14.4 Å². The Kier molecular flexibility index (Phi) is 6.08. The van der Waals surface area contributed by atoms with E-state index >= 15 is 0 Å². The summed E-state index contributed by atoms with van der Waals surface area (Å²) in [4.78, 5) is 36.5. The third kappa shape index (κ3) is 5.34. The molecule has 3 amide bonds. The van der Waals surface area contributed by atoms with Gasteiger partial charge in [-0.05, 0) is 6.42 Å². The largest absolute Gasteiger partial charge is 0.359 e. The van der Waals surface area contributed by atoms with Gasteiger partial charge in [0.15, 0.2) is 5.17 Å². The molecule has 0 aromatic carbocycles. The van der Waals surface area contributed by atoms with E-state index in [1.54, 1.807) is 0 Å². The van der Waals surface area contributed by atoms with Gasteiger partial charge in [0.25, 0.3) is 0 Å². The maximum atomic E-state index is 11.3. The summed E-state index contributed by atoms with van der Waals surface area (Å²) in [5, 5.41) is 7.81. The van der Waals surface area contributed by atoms with Gasteiger partial charge >= 0.3 is 11.8 Å². The van der Waals surface area contributed by atoms with Gasteiger partial charge in [0.05, 0.1) is 6.54 Å². The molecule has 1 rings (SSSR count). The highest BCUT2D eigenvalue weighted by Gasteiger charge is 2.16. The second-order valence-electron chi connectivity index (χ2n) is 3.17. The van der Waals surface area contributed by atoms with E-state index in [1.807, 2.05) is 0 Å². The van der Waals surface area contributed by atoms with E-state index < -0.39 is 11.8 Å². The predicted octanol–water partition coefficient (Wildman–Crippen LogP) is -1.54. The number of carbonyl (C=O) groups is 3. The van der Waals surface area contributed by atoms with Crippen molar-refractivity contribution in [3.05, 3.63) is 0 Å². The molecule has 0 radical (unpaired) electrons. The van der Waals surface area contributed by atoms with E-state index in [0.717, 1.165) is 5.75 Å². The van der Waals surface area contributed by atoms with Gasteiger partial charge in [-0.1, -0.05) is 11.8 Å². The van der Waals surface area contributed by atoms with E-state index in [0.29, 0.717) is 37.6 Å². The quantitative estimate of drug-likeness (QED) is 0.316. The van der Waals surface area contributed by atoms with Gasteiger partial charge in [-0.2, -0.15) is 0 Å². The summed E-state index contributed by atoms with van der Waals surface area (Å²) in [5.41, 5.74) is 0. The van der Waals surface area contributed by atoms with Gasteiger partial charge in [-0.3, -0.25) is 24.7 Å². The van der Waals surface area contributed by atoms with Crippen molar-refractivity contribution < 1.29 is 14.4 Å². The van der Waals surface area contributed by atoms with Crippen molar-refractivity contribution in [1.29, 1.82) is 0 Å². The summed E-state index contributed by atoms with van der Waals surface area (Å²) >= 11 is 1.41. The van der Waals surface area contributed by atoms with Gasteiger partial charge in [0.2, 0.25) is 6.41 Å². The van der Waals surface area contributed by atoms with Crippen molar-refractivity contribution in [2.45, 2.75) is 6.42 Å². The van der Waals surface area contributed by atoms with Crippen LogP contribution in [-0.4, -0.2) is 48.8 Å². The van der Waals surface area contributed by atoms with Crippen LogP contribution in [-0.2, 0) is 14.4 Å². The standard InChI is InChI=1S/C9H14N4O3S/c14-6-10-2-1-3-11-7(15)8(16)13-9-12-4-5-17-9/h6H,1-5H2,(H,10,14)(H,11,15)(H,12,13,16). The molecule has 1 heterocycles. The van der Waals surface area contributed by atoms with Crippen LogP contribution in [0.1, 0.15) is 6.42 Å². The Hall–Kier alpha value is -1.57. The molecule has 0 bridgehead atoms. The molecule has 0 atom stereocenters. The van der Waals surface area contributed by atoms with Crippen molar-refractivity contribution in [3.63, 3.8) is 0 Å². The molecule has 0 saturated carbocycles. The molecule has 17 heavy (non-hydrogen) atoms. The minimum atomic E-state index is -0.707. The zero-order chi connectivity index (χ0) is 12.5. The van der Waals surface area contributed by atoms with Crippen LogP contribution < -0.4 is 16.0 Å². The number of nitrogens with one attached hydrogen (secondary N) is 3. The van der Waals surface area contributed by atoms with E-state index in [1.165, 1.54) is 11.8 Å². The first-order valence-corrected chi connectivity index (χ1v) is 6.16. The zero-order valence-electron chi connectivity index (χ0n) is 9.19. The maximum Gasteiger partial charge on any atom is 0.315 e. The van der Waals surface area contributed by atoms with Gasteiger partial charge in [-0.25, -0.2) is 0 Å². The van der Waals surface area contributed by atoms with Crippen LogP contribution in [0.4, 0.5) is 0 Å². The van der Waals surface area contributed by atoms with Crippen molar-refractivity contribution >= 4 is 35.2 Å². The molecule has 1 aliphatic rings. The SMILES string of the molecule is O=CNCCCNC(=O)C(=O)NC1=NCCS1. The summed E-state index contributed by atoms with van der Waals surface area (Å²) in [7, 11) is 0. The lowest BCUT2D eigenvalue weighted by molar-refractivity contribution is -0.138. The normalized spacial score (nSPS) is 13.8. The number of carbonyl (C=O) groups excluding carboxylic acids is 3. The first kappa shape index (κ1) is 13.5. The van der Waals surface area contributed by atoms with Crippen LogP contribution in [0.5, 0.6) is 0 Å². The molecule has 7 nitrogen and oxygen atoms in total. The van der Waals surface area contributed by atoms with Crippen molar-refractivity contribution in [2.75, 3.05) is 25.4 Å². The first-order chi connectivity index (χ1) is 8.24. The molecular weight excluding hydrogens is 244 g/mol. The van der Waals surface area contributed by atoms with Crippen molar-refractivity contribution in [2.24, 2.45) is 4.99 Å². The van der Waals surface area contributed by atoms with Crippen LogP contribution in [0.25, 0.3) is 0 Å². The molecular formula is C9H14N4O3S. The number of thioether (sulfide) groups is 1. The Morgan fingerprint density at radius 1 is 1.35 bits per heavy atom. The van der Waals surface area contributed by atoms with Crippen LogP contribution in [0.2, 0.25) is 0 Å². The molecule has 8 heteroatoms. The highest BCUT2D eigenvalue weighted by Crippen LogP contribution is 2.08. The minimum Gasteiger partial charge on any atom is -0.359 e. The van der Waals surface area contributed by atoms with Gasteiger partial charge < -0.3 is 10.6 Å². The number of amidine groups is 1. The predicted molar refractivity (Wildman–Crippen MR) is 64.6 cm³/mol.